The zero-order valence-electron chi connectivity index (χ0n) is 25.3. The Bertz CT molecular complexity index is 2640. The number of benzene rings is 6. The fraction of sp³-hybridized carbons (Fsp3) is 0.194. The predicted octanol–water partition coefficient (Wildman–Crippen LogP) is 3.45. The zero-order chi connectivity index (χ0) is 32.3. The quantitative estimate of drug-likeness (QED) is 0.120. The number of fused-ring (bicyclic) bond motifs is 8. The van der Waals surface area contributed by atoms with Gasteiger partial charge in [0.05, 0.1) is 19.8 Å². The van der Waals surface area contributed by atoms with Crippen LogP contribution in [-0.2, 0) is 14.2 Å². The fourth-order valence-electron chi connectivity index (χ4n) is 6.21. The Morgan fingerprint density at radius 2 is 1.24 bits per heavy atom. The predicted molar refractivity (Wildman–Crippen MR) is 174 cm³/mol. The summed E-state index contributed by atoms with van der Waals surface area (Å²) in [6.45, 7) is 4.04. The SMILES string of the molecule is COCCOCC(C)(C)OC(=O)[n+]1c2ccc3c(=O)c4ccccc4c(=O)c3c2[nH+]c2ccc3c(=O)c4ccccc4c(=O)c3c21. The molecule has 0 unspecified atom stereocenters. The number of rotatable bonds is 6. The third-order valence-electron chi connectivity index (χ3n) is 8.29. The molecule has 46 heavy (non-hydrogen) atoms. The van der Waals surface area contributed by atoms with Crippen molar-refractivity contribution in [3.63, 3.8) is 0 Å². The van der Waals surface area contributed by atoms with E-state index in [-0.39, 0.29) is 83.8 Å². The molecule has 7 rings (SSSR count). The van der Waals surface area contributed by atoms with Crippen molar-refractivity contribution < 1.29 is 28.6 Å². The van der Waals surface area contributed by atoms with Crippen LogP contribution in [0.15, 0.2) is 92.0 Å². The second-order valence-electron chi connectivity index (χ2n) is 11.8. The maximum atomic E-state index is 14.3. The number of nitrogens with zero attached hydrogens (tertiary/aromatic N) is 1. The van der Waals surface area contributed by atoms with Gasteiger partial charge in [-0.25, -0.2) is 0 Å². The lowest BCUT2D eigenvalue weighted by Crippen LogP contribution is -2.51. The topological polar surface area (TPSA) is 131 Å². The molecule has 0 saturated heterocycles. The number of H-pyrrole nitrogens is 1. The Labute approximate surface area is 259 Å². The summed E-state index contributed by atoms with van der Waals surface area (Å²) < 4.78 is 17.9. The standard InChI is InChI=1S/C36H27N2O8/c1-36(2,18-45-17-16-44-3)46-35(43)38-26-15-13-23-27(33(41)21-10-6-4-8-19(21)31(23)39)29(26)37-25-14-12-24-28(30(25)38)34(42)22-11-7-5-9-20(22)32(24)40/h4-15H,16-18H2,1-3H3/q+1/p+1. The van der Waals surface area contributed by atoms with Crippen molar-refractivity contribution >= 4 is 71.2 Å². The van der Waals surface area contributed by atoms with Crippen molar-refractivity contribution in [3.05, 3.63) is 114 Å². The third kappa shape index (κ3) is 4.45. The maximum absolute atomic E-state index is 14.3. The minimum atomic E-state index is -1.13. The minimum Gasteiger partial charge on any atom is -0.403 e. The van der Waals surface area contributed by atoms with E-state index in [1.54, 1.807) is 75.6 Å². The molecule has 0 atom stereocenters. The maximum Gasteiger partial charge on any atom is 0.604 e. The van der Waals surface area contributed by atoms with Gasteiger partial charge >= 0.3 is 11.6 Å². The smallest absolute Gasteiger partial charge is 0.403 e. The van der Waals surface area contributed by atoms with E-state index in [1.807, 2.05) is 0 Å². The molecule has 0 bridgehead atoms. The first-order chi connectivity index (χ1) is 22.1. The highest BCUT2D eigenvalue weighted by Gasteiger charge is 2.38. The van der Waals surface area contributed by atoms with Gasteiger partial charge in [-0.2, -0.15) is 9.78 Å². The first kappa shape index (κ1) is 29.3. The third-order valence-corrected chi connectivity index (χ3v) is 8.29. The summed E-state index contributed by atoms with van der Waals surface area (Å²) >= 11 is 0. The van der Waals surface area contributed by atoms with E-state index in [0.717, 1.165) is 0 Å². The van der Waals surface area contributed by atoms with Gasteiger partial charge in [-0.3, -0.25) is 19.2 Å². The second-order valence-corrected chi connectivity index (χ2v) is 11.8. The van der Waals surface area contributed by atoms with Crippen LogP contribution in [0.1, 0.15) is 13.8 Å². The molecule has 6 aromatic carbocycles. The number of methoxy groups -OCH3 is 1. The van der Waals surface area contributed by atoms with E-state index < -0.39 is 22.6 Å². The van der Waals surface area contributed by atoms with Crippen LogP contribution >= 0.6 is 0 Å². The van der Waals surface area contributed by atoms with E-state index >= 15 is 0 Å². The normalized spacial score (nSPS) is 12.2. The van der Waals surface area contributed by atoms with Gasteiger partial charge in [-0.05, 0) is 26.0 Å². The van der Waals surface area contributed by atoms with Crippen molar-refractivity contribution in [1.29, 1.82) is 0 Å². The molecule has 1 aromatic heterocycles. The Morgan fingerprint density at radius 3 is 1.85 bits per heavy atom. The number of aromatic amines is 1. The Hall–Kier alpha value is -5.45. The molecule has 0 amide bonds. The van der Waals surface area contributed by atoms with Gasteiger partial charge in [0.2, 0.25) is 10.9 Å². The van der Waals surface area contributed by atoms with Crippen molar-refractivity contribution in [2.24, 2.45) is 0 Å². The Kier molecular flexibility index (Phi) is 6.91. The molecular formula is C36H28N2O8+2. The first-order valence-electron chi connectivity index (χ1n) is 14.7. The highest BCUT2D eigenvalue weighted by atomic mass is 16.6. The molecule has 0 spiro atoms. The van der Waals surface area contributed by atoms with Crippen LogP contribution in [0.3, 0.4) is 0 Å². The van der Waals surface area contributed by atoms with Crippen LogP contribution in [0.5, 0.6) is 0 Å². The molecule has 1 heterocycles. The molecule has 0 radical (unpaired) electrons. The summed E-state index contributed by atoms with van der Waals surface area (Å²) in [6.07, 6.45) is -0.869. The lowest BCUT2D eigenvalue weighted by molar-refractivity contribution is -0.541. The molecular weight excluding hydrogens is 588 g/mol. The van der Waals surface area contributed by atoms with Gasteiger partial charge in [0.1, 0.15) is 16.4 Å². The van der Waals surface area contributed by atoms with E-state index in [2.05, 4.69) is 4.98 Å². The van der Waals surface area contributed by atoms with Gasteiger partial charge in [-0.1, -0.05) is 53.1 Å². The number of nitrogens with one attached hydrogen (secondary N) is 1. The summed E-state index contributed by atoms with van der Waals surface area (Å²) in [5.74, 6) is 0. The van der Waals surface area contributed by atoms with Gasteiger partial charge in [0, 0.05) is 51.6 Å². The van der Waals surface area contributed by atoms with Crippen LogP contribution in [0.25, 0.3) is 65.2 Å². The largest absolute Gasteiger partial charge is 0.604 e. The first-order valence-corrected chi connectivity index (χ1v) is 14.7. The summed E-state index contributed by atoms with van der Waals surface area (Å²) in [5.41, 5.74) is -1.87. The summed E-state index contributed by atoms with van der Waals surface area (Å²) in [4.78, 5) is 72.7. The summed E-state index contributed by atoms with van der Waals surface area (Å²) in [5, 5.41) is 1.44. The number of aromatic nitrogens is 2. The second kappa shape index (κ2) is 10.9. The molecule has 10 heteroatoms. The molecule has 0 fully saturated rings. The number of ether oxygens (including phenoxy) is 3. The molecule has 0 aliphatic carbocycles. The zero-order valence-corrected chi connectivity index (χ0v) is 25.3. The molecule has 0 aliphatic heterocycles. The van der Waals surface area contributed by atoms with E-state index in [4.69, 9.17) is 14.2 Å². The van der Waals surface area contributed by atoms with Crippen molar-refractivity contribution in [3.8, 4) is 0 Å². The highest BCUT2D eigenvalue weighted by Crippen LogP contribution is 2.24. The fourth-order valence-corrected chi connectivity index (χ4v) is 6.21. The van der Waals surface area contributed by atoms with Gasteiger partial charge in [-0.15, -0.1) is 0 Å². The average molecular weight is 617 g/mol. The lowest BCUT2D eigenvalue weighted by Gasteiger charge is -2.22. The van der Waals surface area contributed by atoms with Crippen LogP contribution < -0.4 is 31.3 Å². The Morgan fingerprint density at radius 1 is 0.696 bits per heavy atom. The van der Waals surface area contributed by atoms with E-state index in [9.17, 15) is 24.0 Å². The van der Waals surface area contributed by atoms with Crippen LogP contribution in [0, 0.1) is 0 Å². The van der Waals surface area contributed by atoms with Crippen molar-refractivity contribution in [1.82, 2.24) is 0 Å². The van der Waals surface area contributed by atoms with Gasteiger partial charge in [0.15, 0.2) is 10.9 Å². The Balaban J connectivity index is 1.62. The van der Waals surface area contributed by atoms with Crippen molar-refractivity contribution in [2.75, 3.05) is 26.9 Å². The van der Waals surface area contributed by atoms with E-state index in [0.29, 0.717) is 12.0 Å². The van der Waals surface area contributed by atoms with Gasteiger partial charge < -0.3 is 14.2 Å². The molecule has 1 N–H and O–H groups in total. The number of carbonyl (C=O) groups is 1. The van der Waals surface area contributed by atoms with Gasteiger partial charge in [0.25, 0.3) is 16.6 Å². The lowest BCUT2D eigenvalue weighted by atomic mass is 9.99. The molecule has 10 nitrogen and oxygen atoms in total. The number of carbonyl (C=O) groups excluding carboxylic acids is 1. The average Bonchev–Trinajstić information content (AvgIpc) is 3.05. The molecule has 228 valence electrons. The summed E-state index contributed by atoms with van der Waals surface area (Å²) in [7, 11) is 1.55. The monoisotopic (exact) mass is 616 g/mol. The van der Waals surface area contributed by atoms with E-state index in [1.165, 1.54) is 22.8 Å². The number of hydrogen-bond donors (Lipinski definition) is 0. The highest BCUT2D eigenvalue weighted by molar-refractivity contribution is 6.11. The molecule has 0 aliphatic rings. The van der Waals surface area contributed by atoms with Crippen LogP contribution in [0.4, 0.5) is 4.79 Å². The number of hydrogen-bond acceptors (Lipinski definition) is 8. The van der Waals surface area contributed by atoms with Crippen molar-refractivity contribution in [2.45, 2.75) is 19.4 Å². The van der Waals surface area contributed by atoms with Crippen LogP contribution in [0.2, 0.25) is 0 Å². The summed E-state index contributed by atoms with van der Waals surface area (Å²) in [6, 6.07) is 19.2. The molecule has 7 aromatic rings. The minimum absolute atomic E-state index is 0.0240. The van der Waals surface area contributed by atoms with Crippen LogP contribution in [-0.4, -0.2) is 38.6 Å². The molecule has 0 saturated carbocycles.